The molecule has 0 aliphatic rings. The van der Waals surface area contributed by atoms with Gasteiger partial charge in [-0.2, -0.15) is 0 Å². The van der Waals surface area contributed by atoms with Crippen molar-refractivity contribution in [3.8, 4) is 0 Å². The van der Waals surface area contributed by atoms with Gasteiger partial charge in [-0.3, -0.25) is 4.79 Å². The van der Waals surface area contributed by atoms with E-state index in [-0.39, 0.29) is 24.5 Å². The van der Waals surface area contributed by atoms with Gasteiger partial charge in [0.2, 0.25) is 0 Å². The minimum Gasteiger partial charge on any atom is -0.389 e. The molecule has 0 unspecified atom stereocenters. The first-order chi connectivity index (χ1) is 4.57. The molecule has 2 N–H and O–H groups in total. The zero-order valence-electron chi connectivity index (χ0n) is 6.72. The second kappa shape index (κ2) is 4.41. The molecule has 0 fully saturated rings. The van der Waals surface area contributed by atoms with Crippen LogP contribution in [0.3, 0.4) is 0 Å². The summed E-state index contributed by atoms with van der Waals surface area (Å²) in [5.74, 6) is -0.159. The number of carbonyl (C=O) groups excluding carboxylic acids is 1. The molecule has 1 atom stereocenters. The van der Waals surface area contributed by atoms with Crippen LogP contribution in [0.15, 0.2) is 0 Å². The molecule has 3 nitrogen and oxygen atoms in total. The number of carbonyl (C=O) groups is 1. The molecule has 0 aromatic carbocycles. The minimum absolute atomic E-state index is 0.159. The van der Waals surface area contributed by atoms with Gasteiger partial charge in [-0.25, -0.2) is 0 Å². The number of nitrogens with one attached hydrogen (secondary N) is 1. The lowest BCUT2D eigenvalue weighted by atomic mass is 10.2. The van der Waals surface area contributed by atoms with Crippen LogP contribution in [-0.4, -0.2) is 29.6 Å². The van der Waals surface area contributed by atoms with Crippen molar-refractivity contribution in [2.24, 2.45) is 0 Å². The minimum atomic E-state index is -0.374. The fourth-order valence-corrected chi connectivity index (χ4v) is 0.730. The predicted octanol–water partition coefficient (Wildman–Crippen LogP) is -0.0657. The molecule has 0 saturated heterocycles. The van der Waals surface area contributed by atoms with Crippen molar-refractivity contribution >= 4 is 5.78 Å². The molecule has 0 aromatic rings. The number of hydrogen-bond donors (Lipinski definition) is 2. The summed E-state index contributed by atoms with van der Waals surface area (Å²) in [6, 6.07) is 0.0514. The van der Waals surface area contributed by atoms with E-state index < -0.39 is 0 Å². The highest BCUT2D eigenvalue weighted by Crippen LogP contribution is 1.86. The molecule has 0 radical (unpaired) electrons. The quantitative estimate of drug-likeness (QED) is 0.582. The third kappa shape index (κ3) is 3.58. The van der Waals surface area contributed by atoms with Gasteiger partial charge in [-0.05, 0) is 6.92 Å². The Bertz CT molecular complexity index is 112. The molecule has 0 heterocycles. The van der Waals surface area contributed by atoms with E-state index in [2.05, 4.69) is 5.32 Å². The van der Waals surface area contributed by atoms with Crippen LogP contribution in [0.5, 0.6) is 0 Å². The predicted molar refractivity (Wildman–Crippen MR) is 39.8 cm³/mol. The van der Waals surface area contributed by atoms with Crippen LogP contribution >= 0.6 is 0 Å². The number of hydrogen-bond acceptors (Lipinski definition) is 3. The van der Waals surface area contributed by atoms with Crippen LogP contribution in [0.25, 0.3) is 0 Å². The maximum Gasteiger partial charge on any atom is 0.174 e. The van der Waals surface area contributed by atoms with E-state index in [0.29, 0.717) is 0 Å². The van der Waals surface area contributed by atoms with E-state index in [0.717, 1.165) is 0 Å². The van der Waals surface area contributed by atoms with Crippen molar-refractivity contribution in [1.82, 2.24) is 5.32 Å². The highest BCUT2D eigenvalue weighted by atomic mass is 16.3. The summed E-state index contributed by atoms with van der Waals surface area (Å²) in [5, 5.41) is 11.4. The van der Waals surface area contributed by atoms with Crippen LogP contribution in [-0.2, 0) is 4.79 Å². The molecular weight excluding hydrogens is 130 g/mol. The third-order valence-corrected chi connectivity index (χ3v) is 1.22. The Morgan fingerprint density at radius 2 is 2.00 bits per heavy atom. The summed E-state index contributed by atoms with van der Waals surface area (Å²) in [4.78, 5) is 10.7. The number of rotatable bonds is 4. The van der Waals surface area contributed by atoms with E-state index in [1.165, 1.54) is 0 Å². The Balaban J connectivity index is 3.61. The summed E-state index contributed by atoms with van der Waals surface area (Å²) in [7, 11) is 0. The van der Waals surface area contributed by atoms with Gasteiger partial charge in [0.25, 0.3) is 0 Å². The summed E-state index contributed by atoms with van der Waals surface area (Å²) in [6.45, 7) is 5.29. The monoisotopic (exact) mass is 145 g/mol. The molecule has 0 bridgehead atoms. The Labute approximate surface area is 61.4 Å². The third-order valence-electron chi connectivity index (χ3n) is 1.22. The Kier molecular flexibility index (Phi) is 4.23. The highest BCUT2D eigenvalue weighted by molar-refractivity contribution is 5.84. The van der Waals surface area contributed by atoms with Crippen molar-refractivity contribution in [2.45, 2.75) is 32.9 Å². The first-order valence-electron chi connectivity index (χ1n) is 3.47. The van der Waals surface area contributed by atoms with Crippen molar-refractivity contribution in [3.05, 3.63) is 0 Å². The van der Waals surface area contributed by atoms with Gasteiger partial charge >= 0.3 is 0 Å². The number of ketones is 1. The zero-order chi connectivity index (χ0) is 8.15. The summed E-state index contributed by atoms with van der Waals surface area (Å²) >= 11 is 0. The molecule has 0 rings (SSSR count). The standard InChI is InChI=1S/C7H15NO2/c1-5(2)8-6(3)7(10)4-9/h5-6,8-9H,4H2,1-3H3/t6-/m1/s1. The number of aliphatic hydroxyl groups is 1. The molecule has 3 heteroatoms. The largest absolute Gasteiger partial charge is 0.389 e. The van der Waals surface area contributed by atoms with E-state index in [1.54, 1.807) is 6.92 Å². The maximum absolute atomic E-state index is 10.7. The molecule has 0 aliphatic carbocycles. The smallest absolute Gasteiger partial charge is 0.174 e. The maximum atomic E-state index is 10.7. The van der Waals surface area contributed by atoms with E-state index in [4.69, 9.17) is 5.11 Å². The molecule has 0 aliphatic heterocycles. The van der Waals surface area contributed by atoms with Crippen molar-refractivity contribution in [2.75, 3.05) is 6.61 Å². The van der Waals surface area contributed by atoms with Gasteiger partial charge < -0.3 is 10.4 Å². The SMILES string of the molecule is CC(C)N[C@H](C)C(=O)CO. The molecule has 0 spiro atoms. The van der Waals surface area contributed by atoms with Crippen molar-refractivity contribution in [3.63, 3.8) is 0 Å². The first-order valence-corrected chi connectivity index (χ1v) is 3.47. The lowest BCUT2D eigenvalue weighted by Gasteiger charge is -2.13. The lowest BCUT2D eigenvalue weighted by molar-refractivity contribution is -0.123. The van der Waals surface area contributed by atoms with Gasteiger partial charge in [-0.15, -0.1) is 0 Å². The first kappa shape index (κ1) is 9.59. The lowest BCUT2D eigenvalue weighted by Crippen LogP contribution is -2.39. The second-order valence-electron chi connectivity index (χ2n) is 2.67. The molecule has 0 aromatic heterocycles. The summed E-state index contributed by atoms with van der Waals surface area (Å²) in [6.07, 6.45) is 0. The average molecular weight is 145 g/mol. The van der Waals surface area contributed by atoms with Gasteiger partial charge in [0.15, 0.2) is 5.78 Å². The average Bonchev–Trinajstić information content (AvgIpc) is 1.85. The van der Waals surface area contributed by atoms with Gasteiger partial charge in [-0.1, -0.05) is 13.8 Å². The Morgan fingerprint density at radius 3 is 2.30 bits per heavy atom. The number of aliphatic hydroxyl groups excluding tert-OH is 1. The van der Waals surface area contributed by atoms with Gasteiger partial charge in [0.05, 0.1) is 6.04 Å². The van der Waals surface area contributed by atoms with E-state index in [1.807, 2.05) is 13.8 Å². The number of Topliss-reactive ketones (excluding diaryl/α,β-unsaturated/α-hetero) is 1. The molecule has 0 amide bonds. The molecular formula is C7H15NO2. The van der Waals surface area contributed by atoms with E-state index in [9.17, 15) is 4.79 Å². The van der Waals surface area contributed by atoms with Crippen LogP contribution in [0.1, 0.15) is 20.8 Å². The topological polar surface area (TPSA) is 49.3 Å². The molecule has 0 saturated carbocycles. The Hall–Kier alpha value is -0.410. The fraction of sp³-hybridized carbons (Fsp3) is 0.857. The van der Waals surface area contributed by atoms with Crippen molar-refractivity contribution in [1.29, 1.82) is 0 Å². The van der Waals surface area contributed by atoms with E-state index >= 15 is 0 Å². The molecule has 10 heavy (non-hydrogen) atoms. The van der Waals surface area contributed by atoms with Crippen LogP contribution < -0.4 is 5.32 Å². The van der Waals surface area contributed by atoms with Gasteiger partial charge in [0, 0.05) is 6.04 Å². The van der Waals surface area contributed by atoms with Crippen LogP contribution in [0.4, 0.5) is 0 Å². The molecule has 60 valence electrons. The second-order valence-corrected chi connectivity index (χ2v) is 2.67. The Morgan fingerprint density at radius 1 is 1.50 bits per heavy atom. The normalized spacial score (nSPS) is 13.7. The van der Waals surface area contributed by atoms with Gasteiger partial charge in [0.1, 0.15) is 6.61 Å². The van der Waals surface area contributed by atoms with Crippen LogP contribution in [0, 0.1) is 0 Å². The zero-order valence-corrected chi connectivity index (χ0v) is 6.72. The summed E-state index contributed by atoms with van der Waals surface area (Å²) in [5.41, 5.74) is 0. The van der Waals surface area contributed by atoms with Crippen molar-refractivity contribution < 1.29 is 9.90 Å². The fourth-order valence-electron chi connectivity index (χ4n) is 0.730. The highest BCUT2D eigenvalue weighted by Gasteiger charge is 2.10. The van der Waals surface area contributed by atoms with Crippen LogP contribution in [0.2, 0.25) is 0 Å². The summed E-state index contributed by atoms with van der Waals surface area (Å²) < 4.78 is 0.